The van der Waals surface area contributed by atoms with Crippen molar-refractivity contribution in [1.29, 1.82) is 0 Å². The molecule has 176 valence electrons. The van der Waals surface area contributed by atoms with E-state index in [-0.39, 0.29) is 59.1 Å². The third-order valence-corrected chi connectivity index (χ3v) is 3.41. The summed E-state index contributed by atoms with van der Waals surface area (Å²) in [7, 11) is 0. The standard InChI is InChI=1S/4C6H13O.Si/c4*1-6(2,3)4-5-7;/h4*4-5H2,1-3H3;/q4*-1;+4. The first-order valence-corrected chi connectivity index (χ1v) is 10.6. The number of hydrogen-bond acceptors (Lipinski definition) is 4. The van der Waals surface area contributed by atoms with Gasteiger partial charge < -0.3 is 20.4 Å². The normalized spacial score (nSPS) is 11.6. The molecular weight excluding hydrogens is 380 g/mol. The molecule has 5 heteroatoms. The Labute approximate surface area is 188 Å². The molecule has 0 aromatic rings. The van der Waals surface area contributed by atoms with Crippen LogP contribution in [0.2, 0.25) is 0 Å². The van der Waals surface area contributed by atoms with Crippen molar-refractivity contribution in [1.82, 2.24) is 0 Å². The first-order valence-electron chi connectivity index (χ1n) is 10.6. The van der Waals surface area contributed by atoms with Crippen molar-refractivity contribution in [3.05, 3.63) is 0 Å². The van der Waals surface area contributed by atoms with E-state index < -0.39 is 0 Å². The third kappa shape index (κ3) is 73.9. The molecule has 0 fully saturated rings. The zero-order chi connectivity index (χ0) is 23.7. The predicted molar refractivity (Wildman–Crippen MR) is 122 cm³/mol. The van der Waals surface area contributed by atoms with Crippen molar-refractivity contribution in [2.24, 2.45) is 21.7 Å². The van der Waals surface area contributed by atoms with Crippen LogP contribution in [0.15, 0.2) is 0 Å². The summed E-state index contributed by atoms with van der Waals surface area (Å²) in [6, 6.07) is 0. The second kappa shape index (κ2) is 20.0. The molecule has 0 heterocycles. The fourth-order valence-corrected chi connectivity index (χ4v) is 1.22. The van der Waals surface area contributed by atoms with Crippen LogP contribution in [0.1, 0.15) is 109 Å². The quantitative estimate of drug-likeness (QED) is 0.638. The molecular formula is C24H52O4Si. The van der Waals surface area contributed by atoms with Gasteiger partial charge in [-0.05, 0) is 21.7 Å². The zero-order valence-corrected chi connectivity index (χ0v) is 22.8. The van der Waals surface area contributed by atoms with Gasteiger partial charge >= 0.3 is 11.0 Å². The maximum Gasteiger partial charge on any atom is 4.00 e. The Morgan fingerprint density at radius 2 is 0.448 bits per heavy atom. The van der Waals surface area contributed by atoms with Crippen LogP contribution in [-0.2, 0) is 0 Å². The summed E-state index contributed by atoms with van der Waals surface area (Å²) in [6.07, 6.45) is 3.14. The summed E-state index contributed by atoms with van der Waals surface area (Å²) in [4.78, 5) is 0. The fourth-order valence-electron chi connectivity index (χ4n) is 1.22. The van der Waals surface area contributed by atoms with Gasteiger partial charge in [0, 0.05) is 0 Å². The minimum Gasteiger partial charge on any atom is -0.854 e. The van der Waals surface area contributed by atoms with Gasteiger partial charge in [0.25, 0.3) is 0 Å². The van der Waals surface area contributed by atoms with Crippen molar-refractivity contribution in [2.45, 2.75) is 109 Å². The Kier molecular flexibility index (Phi) is 27.2. The molecule has 0 rings (SSSR count). The summed E-state index contributed by atoms with van der Waals surface area (Å²) in [5.41, 5.74) is 0.951. The molecule has 0 bridgehead atoms. The first-order chi connectivity index (χ1) is 12.2. The van der Waals surface area contributed by atoms with E-state index in [4.69, 9.17) is 0 Å². The molecule has 0 saturated heterocycles. The summed E-state index contributed by atoms with van der Waals surface area (Å²) in [5.74, 6) is 0. The molecule has 29 heavy (non-hydrogen) atoms. The Morgan fingerprint density at radius 1 is 0.345 bits per heavy atom. The van der Waals surface area contributed by atoms with Crippen LogP contribution in [0.5, 0.6) is 0 Å². The number of rotatable bonds is 4. The van der Waals surface area contributed by atoms with Gasteiger partial charge in [0.1, 0.15) is 0 Å². The molecule has 0 aliphatic heterocycles. The van der Waals surface area contributed by atoms with Crippen LogP contribution < -0.4 is 20.4 Å². The largest absolute Gasteiger partial charge is 4.00 e. The van der Waals surface area contributed by atoms with E-state index in [1.165, 1.54) is 0 Å². The van der Waals surface area contributed by atoms with E-state index in [0.29, 0.717) is 0 Å². The SMILES string of the molecule is CC(C)(C)CC[O-].CC(C)(C)CC[O-].CC(C)(C)CC[O-].CC(C)(C)CC[O-].[Si+4]. The molecule has 0 aromatic heterocycles. The van der Waals surface area contributed by atoms with Crippen LogP contribution in [0.3, 0.4) is 0 Å². The summed E-state index contributed by atoms with van der Waals surface area (Å²) in [5, 5.41) is 39.8. The average molecular weight is 433 g/mol. The first kappa shape index (κ1) is 39.5. The molecule has 0 unspecified atom stereocenters. The Morgan fingerprint density at radius 3 is 0.448 bits per heavy atom. The van der Waals surface area contributed by atoms with Gasteiger partial charge in [-0.2, -0.15) is 0 Å². The molecule has 0 N–H and O–H groups in total. The van der Waals surface area contributed by atoms with E-state index in [9.17, 15) is 20.4 Å². The van der Waals surface area contributed by atoms with Crippen molar-refractivity contribution < 1.29 is 20.4 Å². The van der Waals surface area contributed by atoms with Gasteiger partial charge in [-0.25, -0.2) is 0 Å². The second-order valence-electron chi connectivity index (χ2n) is 12.1. The Balaban J connectivity index is -0.0000000873. The fraction of sp³-hybridized carbons (Fsp3) is 1.00. The third-order valence-electron chi connectivity index (χ3n) is 3.41. The number of hydrogen-bond donors (Lipinski definition) is 0. The van der Waals surface area contributed by atoms with Crippen molar-refractivity contribution >= 4 is 11.0 Å². The summed E-state index contributed by atoms with van der Waals surface area (Å²) < 4.78 is 0. The maximum absolute atomic E-state index is 9.95. The van der Waals surface area contributed by atoms with Crippen LogP contribution in [-0.4, -0.2) is 37.4 Å². The van der Waals surface area contributed by atoms with Gasteiger partial charge in [-0.3, -0.25) is 0 Å². The monoisotopic (exact) mass is 432 g/mol. The molecule has 0 aliphatic carbocycles. The van der Waals surface area contributed by atoms with Crippen LogP contribution >= 0.6 is 0 Å². The summed E-state index contributed by atoms with van der Waals surface area (Å²) in [6.45, 7) is 25.1. The average Bonchev–Trinajstić information content (AvgIpc) is 2.34. The van der Waals surface area contributed by atoms with Crippen LogP contribution in [0, 0.1) is 21.7 Å². The maximum atomic E-state index is 9.95. The van der Waals surface area contributed by atoms with E-state index in [0.717, 1.165) is 25.7 Å². The molecule has 0 spiro atoms. The van der Waals surface area contributed by atoms with Gasteiger partial charge in [0.15, 0.2) is 0 Å². The molecule has 0 atom stereocenters. The molecule has 0 aromatic carbocycles. The molecule has 0 saturated carbocycles. The topological polar surface area (TPSA) is 92.2 Å². The van der Waals surface area contributed by atoms with E-state index >= 15 is 0 Å². The second-order valence-corrected chi connectivity index (χ2v) is 12.1. The zero-order valence-electron chi connectivity index (χ0n) is 21.8. The molecule has 4 nitrogen and oxygen atoms in total. The predicted octanol–water partition coefficient (Wildman–Crippen LogP) is 2.75. The Bertz CT molecular complexity index is 241. The van der Waals surface area contributed by atoms with Gasteiger partial charge in [0.2, 0.25) is 0 Å². The molecule has 0 radical (unpaired) electrons. The molecule has 0 aliphatic rings. The minimum atomic E-state index is 0. The smallest absolute Gasteiger partial charge is 0.854 e. The Hall–Kier alpha value is 0.0569. The van der Waals surface area contributed by atoms with Gasteiger partial charge in [-0.1, -0.05) is 109 Å². The van der Waals surface area contributed by atoms with Gasteiger partial charge in [-0.15, -0.1) is 26.4 Å². The summed E-state index contributed by atoms with van der Waals surface area (Å²) >= 11 is 0. The minimum absolute atomic E-state index is 0. The van der Waals surface area contributed by atoms with E-state index in [1.807, 2.05) is 0 Å². The molecule has 0 amide bonds. The van der Waals surface area contributed by atoms with Crippen molar-refractivity contribution in [3.63, 3.8) is 0 Å². The van der Waals surface area contributed by atoms with Crippen LogP contribution in [0.25, 0.3) is 0 Å². The van der Waals surface area contributed by atoms with E-state index in [2.05, 4.69) is 83.1 Å². The van der Waals surface area contributed by atoms with E-state index in [1.54, 1.807) is 0 Å². The van der Waals surface area contributed by atoms with Gasteiger partial charge in [0.05, 0.1) is 0 Å². The van der Waals surface area contributed by atoms with Crippen molar-refractivity contribution in [2.75, 3.05) is 26.4 Å². The van der Waals surface area contributed by atoms with Crippen molar-refractivity contribution in [3.8, 4) is 0 Å². The van der Waals surface area contributed by atoms with Crippen LogP contribution in [0.4, 0.5) is 0 Å².